The van der Waals surface area contributed by atoms with Crippen LogP contribution in [0.5, 0.6) is 5.19 Å². The van der Waals surface area contributed by atoms with Gasteiger partial charge < -0.3 is 14.4 Å². The third-order valence-electron chi connectivity index (χ3n) is 4.89. The highest BCUT2D eigenvalue weighted by Crippen LogP contribution is 2.29. The minimum Gasteiger partial charge on any atom is -0.464 e. The van der Waals surface area contributed by atoms with E-state index in [-0.39, 0.29) is 18.0 Å². The summed E-state index contributed by atoms with van der Waals surface area (Å²) in [4.78, 5) is 19.4. The second kappa shape index (κ2) is 9.59. The lowest BCUT2D eigenvalue weighted by atomic mass is 10.1. The fourth-order valence-electron chi connectivity index (χ4n) is 3.47. The number of hydrogen-bond acceptors (Lipinski definition) is 8. The van der Waals surface area contributed by atoms with Crippen LogP contribution < -0.4 is 15.0 Å². The number of nitrogens with one attached hydrogen (secondary N) is 1. The molecule has 10 heteroatoms. The summed E-state index contributed by atoms with van der Waals surface area (Å²) >= 11 is 7.06. The SMILES string of the molecule is C[C@H]1COC[C@H](C)N1c1cnccc1C(=O)Nc1nnc(OCc2ccc(Cl)cc2)s1. The van der Waals surface area contributed by atoms with Gasteiger partial charge >= 0.3 is 0 Å². The number of benzene rings is 1. The smallest absolute Gasteiger partial charge is 0.296 e. The van der Waals surface area contributed by atoms with Gasteiger partial charge in [0, 0.05) is 11.2 Å². The molecule has 1 aliphatic heterocycles. The van der Waals surface area contributed by atoms with Gasteiger partial charge in [-0.3, -0.25) is 15.1 Å². The molecule has 1 saturated heterocycles. The van der Waals surface area contributed by atoms with E-state index in [1.165, 1.54) is 11.3 Å². The van der Waals surface area contributed by atoms with Crippen LogP contribution in [-0.4, -0.2) is 46.4 Å². The Balaban J connectivity index is 1.44. The average molecular weight is 460 g/mol. The first-order chi connectivity index (χ1) is 15.0. The van der Waals surface area contributed by atoms with E-state index in [9.17, 15) is 4.79 Å². The summed E-state index contributed by atoms with van der Waals surface area (Å²) in [5, 5.41) is 12.2. The van der Waals surface area contributed by atoms with Crippen molar-refractivity contribution in [2.45, 2.75) is 32.5 Å². The van der Waals surface area contributed by atoms with Crippen molar-refractivity contribution in [2.24, 2.45) is 0 Å². The van der Waals surface area contributed by atoms with E-state index in [0.29, 0.717) is 40.7 Å². The maximum absolute atomic E-state index is 13.0. The predicted molar refractivity (Wildman–Crippen MR) is 120 cm³/mol. The summed E-state index contributed by atoms with van der Waals surface area (Å²) in [6, 6.07) is 9.33. The van der Waals surface area contributed by atoms with E-state index in [2.05, 4.69) is 39.2 Å². The fraction of sp³-hybridized carbons (Fsp3) is 0.333. The normalized spacial score (nSPS) is 18.6. The van der Waals surface area contributed by atoms with Gasteiger partial charge in [0.25, 0.3) is 11.1 Å². The quantitative estimate of drug-likeness (QED) is 0.595. The van der Waals surface area contributed by atoms with Crippen molar-refractivity contribution in [2.75, 3.05) is 23.4 Å². The van der Waals surface area contributed by atoms with E-state index in [4.69, 9.17) is 21.1 Å². The summed E-state index contributed by atoms with van der Waals surface area (Å²) in [6.45, 7) is 5.68. The number of nitrogens with zero attached hydrogens (tertiary/aromatic N) is 4. The highest BCUT2D eigenvalue weighted by molar-refractivity contribution is 7.17. The Morgan fingerprint density at radius 2 is 1.97 bits per heavy atom. The minimum atomic E-state index is -0.274. The summed E-state index contributed by atoms with van der Waals surface area (Å²) in [5.41, 5.74) is 2.25. The number of ether oxygens (including phenoxy) is 2. The van der Waals surface area contributed by atoms with Gasteiger partial charge in [0.15, 0.2) is 0 Å². The molecule has 3 heterocycles. The van der Waals surface area contributed by atoms with Crippen LogP contribution >= 0.6 is 22.9 Å². The zero-order chi connectivity index (χ0) is 21.8. The molecule has 0 aliphatic carbocycles. The third-order valence-corrected chi connectivity index (χ3v) is 5.90. The van der Waals surface area contributed by atoms with Gasteiger partial charge in [-0.15, -0.1) is 5.10 Å². The van der Waals surface area contributed by atoms with E-state index in [1.807, 2.05) is 12.1 Å². The number of anilines is 2. The van der Waals surface area contributed by atoms with Crippen molar-refractivity contribution in [3.05, 3.63) is 58.9 Å². The fourth-order valence-corrected chi connectivity index (χ4v) is 4.19. The number of rotatable bonds is 6. The van der Waals surface area contributed by atoms with Gasteiger partial charge in [0.05, 0.1) is 42.7 Å². The molecule has 3 aromatic rings. The zero-order valence-electron chi connectivity index (χ0n) is 17.1. The number of carbonyl (C=O) groups is 1. The second-order valence-corrected chi connectivity index (χ2v) is 8.65. The van der Waals surface area contributed by atoms with Crippen LogP contribution in [0.3, 0.4) is 0 Å². The van der Waals surface area contributed by atoms with Crippen molar-refractivity contribution in [1.29, 1.82) is 0 Å². The van der Waals surface area contributed by atoms with Crippen LogP contribution in [0.1, 0.15) is 29.8 Å². The Morgan fingerprint density at radius 1 is 1.23 bits per heavy atom. The third kappa shape index (κ3) is 5.12. The van der Waals surface area contributed by atoms with Crippen LogP contribution in [0.2, 0.25) is 5.02 Å². The molecule has 1 aromatic carbocycles. The standard InChI is InChI=1S/C21H22ClN5O3S/c1-13-10-29-11-14(2)27(13)18-9-23-8-7-17(18)19(28)24-20-25-26-21(31-20)30-12-15-3-5-16(22)6-4-15/h3-9,13-14H,10-12H2,1-2H3,(H,24,25,28)/t13-,14-/m0/s1. The largest absolute Gasteiger partial charge is 0.464 e. The molecule has 0 spiro atoms. The molecule has 1 N–H and O–H groups in total. The highest BCUT2D eigenvalue weighted by Gasteiger charge is 2.29. The van der Waals surface area contributed by atoms with Crippen molar-refractivity contribution >= 4 is 39.7 Å². The zero-order valence-corrected chi connectivity index (χ0v) is 18.7. The van der Waals surface area contributed by atoms with Crippen molar-refractivity contribution in [1.82, 2.24) is 15.2 Å². The minimum absolute atomic E-state index is 0.133. The van der Waals surface area contributed by atoms with Crippen molar-refractivity contribution in [3.63, 3.8) is 0 Å². The number of aromatic nitrogens is 3. The molecule has 1 amide bonds. The van der Waals surface area contributed by atoms with E-state index in [0.717, 1.165) is 11.3 Å². The van der Waals surface area contributed by atoms with Gasteiger partial charge in [-0.2, -0.15) is 0 Å². The Hall–Kier alpha value is -2.75. The summed E-state index contributed by atoms with van der Waals surface area (Å²) < 4.78 is 11.3. The highest BCUT2D eigenvalue weighted by atomic mass is 35.5. The molecule has 0 radical (unpaired) electrons. The molecular weight excluding hydrogens is 438 g/mol. The van der Waals surface area contributed by atoms with Gasteiger partial charge in [-0.05, 0) is 48.9 Å². The molecular formula is C21H22ClN5O3S. The Morgan fingerprint density at radius 3 is 2.71 bits per heavy atom. The number of hydrogen-bond donors (Lipinski definition) is 1. The molecule has 1 fully saturated rings. The van der Waals surface area contributed by atoms with Crippen LogP contribution in [0, 0.1) is 0 Å². The molecule has 162 valence electrons. The molecule has 2 atom stereocenters. The van der Waals surface area contributed by atoms with Gasteiger partial charge in [0.1, 0.15) is 6.61 Å². The van der Waals surface area contributed by atoms with E-state index < -0.39 is 0 Å². The van der Waals surface area contributed by atoms with E-state index >= 15 is 0 Å². The summed E-state index contributed by atoms with van der Waals surface area (Å²) in [6.07, 6.45) is 3.32. The molecule has 1 aliphatic rings. The van der Waals surface area contributed by atoms with Gasteiger partial charge in [0.2, 0.25) is 5.13 Å². The van der Waals surface area contributed by atoms with Gasteiger partial charge in [-0.1, -0.05) is 28.8 Å². The molecule has 2 aromatic heterocycles. The first kappa shape index (κ1) is 21.5. The average Bonchev–Trinajstić information content (AvgIpc) is 3.21. The summed E-state index contributed by atoms with van der Waals surface area (Å²) in [5.74, 6) is -0.274. The van der Waals surface area contributed by atoms with Crippen LogP contribution in [0.15, 0.2) is 42.7 Å². The monoisotopic (exact) mass is 459 g/mol. The maximum Gasteiger partial charge on any atom is 0.296 e. The molecule has 0 unspecified atom stereocenters. The summed E-state index contributed by atoms with van der Waals surface area (Å²) in [7, 11) is 0. The number of morpholine rings is 1. The Labute approximate surface area is 189 Å². The van der Waals surface area contributed by atoms with Crippen LogP contribution in [0.4, 0.5) is 10.8 Å². The van der Waals surface area contributed by atoms with Crippen LogP contribution in [-0.2, 0) is 11.3 Å². The number of halogens is 1. The molecule has 31 heavy (non-hydrogen) atoms. The second-order valence-electron chi connectivity index (χ2n) is 7.28. The van der Waals surface area contributed by atoms with Gasteiger partial charge in [-0.25, -0.2) is 0 Å². The number of pyridine rings is 1. The topological polar surface area (TPSA) is 89.5 Å². The predicted octanol–water partition coefficient (Wildman–Crippen LogP) is 4.03. The lowest BCUT2D eigenvalue weighted by Crippen LogP contribution is -2.50. The van der Waals surface area contributed by atoms with Crippen molar-refractivity contribution in [3.8, 4) is 5.19 Å². The Kier molecular flexibility index (Phi) is 6.64. The molecule has 0 bridgehead atoms. The molecule has 0 saturated carbocycles. The molecule has 8 nitrogen and oxygen atoms in total. The molecule has 4 rings (SSSR count). The number of carbonyl (C=O) groups excluding carboxylic acids is 1. The maximum atomic E-state index is 13.0. The lowest BCUT2D eigenvalue weighted by molar-refractivity contribution is 0.0754. The Bertz CT molecular complexity index is 1040. The lowest BCUT2D eigenvalue weighted by Gasteiger charge is -2.41. The van der Waals surface area contributed by atoms with Crippen LogP contribution in [0.25, 0.3) is 0 Å². The first-order valence-corrected chi connectivity index (χ1v) is 11.0. The number of amides is 1. The van der Waals surface area contributed by atoms with E-state index in [1.54, 1.807) is 30.6 Å². The first-order valence-electron chi connectivity index (χ1n) is 9.83. The van der Waals surface area contributed by atoms with Crippen molar-refractivity contribution < 1.29 is 14.3 Å².